The van der Waals surface area contributed by atoms with Crippen LogP contribution in [-0.2, 0) is 0 Å². The van der Waals surface area contributed by atoms with Crippen LogP contribution in [0.5, 0.6) is 0 Å². The Kier molecular flexibility index (Phi) is 19.9. The van der Waals surface area contributed by atoms with Gasteiger partial charge < -0.3 is 0 Å². The third-order valence-electron chi connectivity index (χ3n) is 0. The predicted molar refractivity (Wildman–Crippen MR) is 27.6 cm³/mol. The number of hydrogen-bond donors (Lipinski definition) is 0. The molecular formula is C2H9NaSi. The van der Waals surface area contributed by atoms with Crippen molar-refractivity contribution in [3.05, 3.63) is 0 Å². The van der Waals surface area contributed by atoms with E-state index in [4.69, 9.17) is 0 Å². The van der Waals surface area contributed by atoms with Crippen LogP contribution in [0.4, 0.5) is 0 Å². The van der Waals surface area contributed by atoms with Crippen LogP contribution in [0.1, 0.15) is 6.92 Å². The Morgan fingerprint density at radius 1 is 1.75 bits per heavy atom. The molecule has 22 valence electrons. The molecule has 0 fully saturated rings. The van der Waals surface area contributed by atoms with Crippen LogP contribution in [0.2, 0.25) is 6.04 Å². The Bertz CT molecular complexity index is 6.00. The van der Waals surface area contributed by atoms with Gasteiger partial charge in [-0.3, -0.25) is 0 Å². The van der Waals surface area contributed by atoms with E-state index in [0.29, 0.717) is 0 Å². The molecule has 0 unspecified atom stereocenters. The minimum absolute atomic E-state index is 0. The normalized spacial score (nSPS) is 5.25. The maximum absolute atomic E-state index is 2.19. The first-order valence-electron chi connectivity index (χ1n) is 1.41. The topological polar surface area (TPSA) is 0 Å². The molecule has 0 saturated heterocycles. The SMILES string of the molecule is CC[SiH3].[NaH]. The first-order valence-corrected chi connectivity index (χ1v) is 2.83. The summed E-state index contributed by atoms with van der Waals surface area (Å²) >= 11 is 0. The molecule has 4 heavy (non-hydrogen) atoms. The summed E-state index contributed by atoms with van der Waals surface area (Å²) < 4.78 is 0. The first-order chi connectivity index (χ1) is 1.41. The van der Waals surface area contributed by atoms with Crippen LogP contribution in [0.3, 0.4) is 0 Å². The van der Waals surface area contributed by atoms with Gasteiger partial charge >= 0.3 is 29.6 Å². The van der Waals surface area contributed by atoms with Crippen LogP contribution >= 0.6 is 0 Å². The predicted octanol–water partition coefficient (Wildman–Crippen LogP) is -0.859. The summed E-state index contributed by atoms with van der Waals surface area (Å²) in [6.45, 7) is 2.19. The average molecular weight is 84.2 g/mol. The van der Waals surface area contributed by atoms with Crippen molar-refractivity contribution in [3.8, 4) is 0 Å². The van der Waals surface area contributed by atoms with Crippen LogP contribution < -0.4 is 0 Å². The Labute approximate surface area is 52.7 Å². The van der Waals surface area contributed by atoms with Crippen LogP contribution in [0, 0.1) is 0 Å². The monoisotopic (exact) mass is 84.0 g/mol. The molecule has 0 nitrogen and oxygen atoms in total. The molecule has 0 spiro atoms. The Morgan fingerprint density at radius 2 is 1.75 bits per heavy atom. The third-order valence-corrected chi connectivity index (χ3v) is 0. The van der Waals surface area contributed by atoms with E-state index >= 15 is 0 Å². The summed E-state index contributed by atoms with van der Waals surface area (Å²) in [7, 11) is 1.37. The molecule has 0 aromatic rings. The van der Waals surface area contributed by atoms with Crippen molar-refractivity contribution in [2.75, 3.05) is 0 Å². The van der Waals surface area contributed by atoms with Crippen molar-refractivity contribution >= 4 is 39.8 Å². The molecule has 0 aliphatic rings. The van der Waals surface area contributed by atoms with Gasteiger partial charge in [0, 0.05) is 10.2 Å². The maximum atomic E-state index is 2.19. The zero-order valence-electron chi connectivity index (χ0n) is 2.71. The van der Waals surface area contributed by atoms with E-state index in [1.165, 1.54) is 16.3 Å². The van der Waals surface area contributed by atoms with Crippen LogP contribution in [-0.4, -0.2) is 39.8 Å². The summed E-state index contributed by atoms with van der Waals surface area (Å²) in [6.07, 6.45) is 0. The fourth-order valence-corrected chi connectivity index (χ4v) is 0. The van der Waals surface area contributed by atoms with Crippen LogP contribution in [0.15, 0.2) is 0 Å². The molecule has 0 aromatic heterocycles. The van der Waals surface area contributed by atoms with Crippen LogP contribution in [0.25, 0.3) is 0 Å². The van der Waals surface area contributed by atoms with E-state index < -0.39 is 0 Å². The molecule has 0 saturated carbocycles. The quantitative estimate of drug-likeness (QED) is 0.335. The van der Waals surface area contributed by atoms with E-state index in [2.05, 4.69) is 6.92 Å². The van der Waals surface area contributed by atoms with Crippen molar-refractivity contribution in [2.24, 2.45) is 0 Å². The van der Waals surface area contributed by atoms with Gasteiger partial charge in [0.25, 0.3) is 0 Å². The second kappa shape index (κ2) is 8.88. The molecule has 2 heteroatoms. The molecular weight excluding hydrogens is 75.1 g/mol. The standard InChI is InChI=1S/C2H8Si.Na.H/c1-2-3;;/h2H2,1,3H3;;. The number of rotatable bonds is 0. The zero-order valence-corrected chi connectivity index (χ0v) is 4.71. The van der Waals surface area contributed by atoms with Crippen molar-refractivity contribution in [3.63, 3.8) is 0 Å². The summed E-state index contributed by atoms with van der Waals surface area (Å²) in [5.74, 6) is 0. The van der Waals surface area contributed by atoms with E-state index in [9.17, 15) is 0 Å². The molecule has 0 bridgehead atoms. The summed E-state index contributed by atoms with van der Waals surface area (Å²) in [5, 5.41) is 0. The van der Waals surface area contributed by atoms with Gasteiger partial charge in [0.15, 0.2) is 0 Å². The van der Waals surface area contributed by atoms with Gasteiger partial charge in [0.05, 0.1) is 0 Å². The van der Waals surface area contributed by atoms with Gasteiger partial charge in [0.1, 0.15) is 0 Å². The fourth-order valence-electron chi connectivity index (χ4n) is 0. The molecule has 0 heterocycles. The second-order valence-corrected chi connectivity index (χ2v) is 2.12. The molecule has 0 rings (SSSR count). The summed E-state index contributed by atoms with van der Waals surface area (Å²) in [5.41, 5.74) is 0. The van der Waals surface area contributed by atoms with E-state index in [1.54, 1.807) is 0 Å². The van der Waals surface area contributed by atoms with Crippen molar-refractivity contribution in [1.82, 2.24) is 0 Å². The van der Waals surface area contributed by atoms with E-state index in [0.717, 1.165) is 0 Å². The zero-order chi connectivity index (χ0) is 2.71. The molecule has 0 aliphatic carbocycles. The van der Waals surface area contributed by atoms with Gasteiger partial charge in [-0.15, -0.1) is 0 Å². The minimum atomic E-state index is 0. The third kappa shape index (κ3) is 10.7. The second-order valence-electron chi connectivity index (χ2n) is 0.707. The Hall–Kier alpha value is 1.22. The van der Waals surface area contributed by atoms with Gasteiger partial charge in [-0.25, -0.2) is 0 Å². The van der Waals surface area contributed by atoms with Crippen molar-refractivity contribution in [1.29, 1.82) is 0 Å². The van der Waals surface area contributed by atoms with Gasteiger partial charge in [0.2, 0.25) is 0 Å². The Balaban J connectivity index is 0. The first kappa shape index (κ1) is 8.96. The van der Waals surface area contributed by atoms with Gasteiger partial charge in [-0.05, 0) is 0 Å². The molecule has 0 aromatic carbocycles. The fraction of sp³-hybridized carbons (Fsp3) is 1.00. The number of hydrogen-bond acceptors (Lipinski definition) is 0. The molecule has 0 radical (unpaired) electrons. The molecule has 0 aliphatic heterocycles. The van der Waals surface area contributed by atoms with Crippen molar-refractivity contribution < 1.29 is 0 Å². The molecule has 0 atom stereocenters. The summed E-state index contributed by atoms with van der Waals surface area (Å²) in [6, 6.07) is 1.39. The average Bonchev–Trinajstić information content (AvgIpc) is 0.918. The van der Waals surface area contributed by atoms with E-state index in [-0.39, 0.29) is 29.6 Å². The van der Waals surface area contributed by atoms with Gasteiger partial charge in [-0.2, -0.15) is 0 Å². The van der Waals surface area contributed by atoms with Crippen molar-refractivity contribution in [2.45, 2.75) is 13.0 Å². The molecule has 0 N–H and O–H groups in total. The summed E-state index contributed by atoms with van der Waals surface area (Å²) in [4.78, 5) is 0. The van der Waals surface area contributed by atoms with E-state index in [1.807, 2.05) is 0 Å². The Morgan fingerprint density at radius 3 is 1.75 bits per heavy atom. The molecule has 0 amide bonds. The van der Waals surface area contributed by atoms with Gasteiger partial charge in [-0.1, -0.05) is 13.0 Å².